The van der Waals surface area contributed by atoms with Crippen LogP contribution >= 0.6 is 0 Å². The Morgan fingerprint density at radius 2 is 2.05 bits per heavy atom. The Labute approximate surface area is 114 Å². The minimum Gasteiger partial charge on any atom is -0.335 e. The van der Waals surface area contributed by atoms with Crippen LogP contribution in [0.5, 0.6) is 0 Å². The highest BCUT2D eigenvalue weighted by atomic mass is 16.1. The Morgan fingerprint density at radius 3 is 2.68 bits per heavy atom. The van der Waals surface area contributed by atoms with Gasteiger partial charge < -0.3 is 9.47 Å². The molecule has 2 aliphatic rings. The Morgan fingerprint density at radius 1 is 1.37 bits per heavy atom. The molecule has 3 rings (SSSR count). The lowest BCUT2D eigenvalue weighted by Gasteiger charge is -2.35. The van der Waals surface area contributed by atoms with Crippen molar-refractivity contribution >= 4 is 5.78 Å². The molecule has 2 fully saturated rings. The van der Waals surface area contributed by atoms with Crippen molar-refractivity contribution in [1.82, 2.24) is 14.5 Å². The number of hydrogen-bond donors (Lipinski definition) is 0. The minimum absolute atomic E-state index is 0.260. The molecule has 0 aliphatic carbocycles. The van der Waals surface area contributed by atoms with Gasteiger partial charge in [-0.05, 0) is 39.7 Å². The molecule has 1 aromatic rings. The first-order chi connectivity index (χ1) is 9.19. The molecule has 4 heteroatoms. The maximum absolute atomic E-state index is 12.5. The van der Waals surface area contributed by atoms with Gasteiger partial charge in [0.05, 0.1) is 6.42 Å². The second kappa shape index (κ2) is 5.08. The highest BCUT2D eigenvalue weighted by Gasteiger charge is 2.40. The number of carbonyl (C=O) groups excluding carboxylic acids is 1. The summed E-state index contributed by atoms with van der Waals surface area (Å²) in [4.78, 5) is 19.3. The molecular weight excluding hydrogens is 238 g/mol. The third-order valence-corrected chi connectivity index (χ3v) is 5.03. The molecule has 2 saturated heterocycles. The van der Waals surface area contributed by atoms with Crippen LogP contribution in [0, 0.1) is 5.92 Å². The van der Waals surface area contributed by atoms with Gasteiger partial charge in [-0.2, -0.15) is 0 Å². The number of fused-ring (bicyclic) bond motifs is 2. The average Bonchev–Trinajstić information content (AvgIpc) is 2.90. The van der Waals surface area contributed by atoms with E-state index < -0.39 is 0 Å². The summed E-state index contributed by atoms with van der Waals surface area (Å²) in [5.74, 6) is 1.58. The molecule has 2 unspecified atom stereocenters. The van der Waals surface area contributed by atoms with Gasteiger partial charge in [0.15, 0.2) is 0 Å². The van der Waals surface area contributed by atoms with Crippen molar-refractivity contribution in [2.75, 3.05) is 7.05 Å². The smallest absolute Gasteiger partial charge is 0.143 e. The molecule has 0 aromatic carbocycles. The summed E-state index contributed by atoms with van der Waals surface area (Å²) in [7, 11) is 2.22. The number of aryl methyl sites for hydroxylation is 1. The van der Waals surface area contributed by atoms with Gasteiger partial charge in [0.2, 0.25) is 0 Å². The SMILES string of the molecule is CCn1ccnc1CC(=O)C1CC2CCC(C1)N2C. The molecule has 0 radical (unpaired) electrons. The molecule has 0 spiro atoms. The van der Waals surface area contributed by atoms with Gasteiger partial charge >= 0.3 is 0 Å². The summed E-state index contributed by atoms with van der Waals surface area (Å²) in [6.07, 6.45) is 8.92. The van der Waals surface area contributed by atoms with E-state index in [0.717, 1.165) is 25.2 Å². The summed E-state index contributed by atoms with van der Waals surface area (Å²) in [6, 6.07) is 1.28. The molecule has 2 aliphatic heterocycles. The third-order valence-electron chi connectivity index (χ3n) is 5.03. The first-order valence-electron chi connectivity index (χ1n) is 7.43. The third kappa shape index (κ3) is 2.34. The van der Waals surface area contributed by atoms with Gasteiger partial charge in [0.1, 0.15) is 11.6 Å². The molecule has 104 valence electrons. The molecule has 0 amide bonds. The van der Waals surface area contributed by atoms with E-state index in [0.29, 0.717) is 24.3 Å². The van der Waals surface area contributed by atoms with Crippen molar-refractivity contribution < 1.29 is 4.79 Å². The van der Waals surface area contributed by atoms with Gasteiger partial charge in [-0.25, -0.2) is 4.98 Å². The number of piperidine rings is 1. The second-order valence-corrected chi connectivity index (χ2v) is 5.99. The van der Waals surface area contributed by atoms with Crippen molar-refractivity contribution in [3.05, 3.63) is 18.2 Å². The molecule has 2 atom stereocenters. The normalized spacial score (nSPS) is 30.7. The number of imidazole rings is 1. The van der Waals surface area contributed by atoms with Crippen molar-refractivity contribution in [1.29, 1.82) is 0 Å². The molecular formula is C15H23N3O. The second-order valence-electron chi connectivity index (χ2n) is 5.99. The fourth-order valence-corrected chi connectivity index (χ4v) is 3.77. The number of hydrogen-bond acceptors (Lipinski definition) is 3. The summed E-state index contributed by atoms with van der Waals surface area (Å²) in [5, 5.41) is 0. The van der Waals surface area contributed by atoms with Crippen LogP contribution in [-0.2, 0) is 17.8 Å². The Bertz CT molecular complexity index is 454. The van der Waals surface area contributed by atoms with Crippen LogP contribution in [0.3, 0.4) is 0 Å². The summed E-state index contributed by atoms with van der Waals surface area (Å²) in [6.45, 7) is 2.98. The highest BCUT2D eigenvalue weighted by molar-refractivity contribution is 5.82. The van der Waals surface area contributed by atoms with E-state index in [1.54, 1.807) is 6.20 Å². The fourth-order valence-electron chi connectivity index (χ4n) is 3.77. The van der Waals surface area contributed by atoms with E-state index in [9.17, 15) is 4.79 Å². The van der Waals surface area contributed by atoms with Crippen molar-refractivity contribution in [3.63, 3.8) is 0 Å². The first kappa shape index (κ1) is 12.9. The van der Waals surface area contributed by atoms with Crippen LogP contribution in [0.1, 0.15) is 38.4 Å². The number of Topliss-reactive ketones (excluding diaryl/α,β-unsaturated/α-hetero) is 1. The fraction of sp³-hybridized carbons (Fsp3) is 0.733. The quantitative estimate of drug-likeness (QED) is 0.830. The van der Waals surface area contributed by atoms with E-state index in [2.05, 4.69) is 28.4 Å². The molecule has 2 bridgehead atoms. The van der Waals surface area contributed by atoms with Gasteiger partial charge in [-0.15, -0.1) is 0 Å². The predicted octanol–water partition coefficient (Wildman–Crippen LogP) is 1.89. The standard InChI is InChI=1S/C15H23N3O/c1-3-18-7-6-16-15(18)10-14(19)11-8-12-4-5-13(9-11)17(12)2/h6-7,11-13H,3-5,8-10H2,1-2H3. The number of rotatable bonds is 4. The average molecular weight is 261 g/mol. The molecule has 0 saturated carbocycles. The van der Waals surface area contributed by atoms with Crippen molar-refractivity contribution in [3.8, 4) is 0 Å². The number of nitrogens with zero attached hydrogens (tertiary/aromatic N) is 3. The van der Waals surface area contributed by atoms with E-state index in [-0.39, 0.29) is 5.92 Å². The predicted molar refractivity (Wildman–Crippen MR) is 73.9 cm³/mol. The van der Waals surface area contributed by atoms with Crippen LogP contribution in [-0.4, -0.2) is 39.4 Å². The van der Waals surface area contributed by atoms with Gasteiger partial charge in [0.25, 0.3) is 0 Å². The Kier molecular flexibility index (Phi) is 3.44. The van der Waals surface area contributed by atoms with Crippen LogP contribution in [0.2, 0.25) is 0 Å². The van der Waals surface area contributed by atoms with E-state index in [4.69, 9.17) is 0 Å². The summed E-state index contributed by atoms with van der Waals surface area (Å²) in [5.41, 5.74) is 0. The largest absolute Gasteiger partial charge is 0.335 e. The molecule has 4 nitrogen and oxygen atoms in total. The van der Waals surface area contributed by atoms with E-state index >= 15 is 0 Å². The zero-order valence-corrected chi connectivity index (χ0v) is 11.9. The summed E-state index contributed by atoms with van der Waals surface area (Å²) < 4.78 is 2.07. The van der Waals surface area contributed by atoms with E-state index in [1.165, 1.54) is 12.8 Å². The van der Waals surface area contributed by atoms with Crippen LogP contribution in [0.4, 0.5) is 0 Å². The van der Waals surface area contributed by atoms with Gasteiger partial charge in [0, 0.05) is 36.9 Å². The lowest BCUT2D eigenvalue weighted by atomic mass is 9.86. The monoisotopic (exact) mass is 261 g/mol. The lowest BCUT2D eigenvalue weighted by molar-refractivity contribution is -0.124. The van der Waals surface area contributed by atoms with E-state index in [1.807, 2.05) is 6.20 Å². The van der Waals surface area contributed by atoms with Gasteiger partial charge in [-0.1, -0.05) is 0 Å². The first-order valence-corrected chi connectivity index (χ1v) is 7.43. The summed E-state index contributed by atoms with van der Waals surface area (Å²) >= 11 is 0. The maximum atomic E-state index is 12.5. The number of ketones is 1. The topological polar surface area (TPSA) is 38.1 Å². The van der Waals surface area contributed by atoms with Crippen molar-refractivity contribution in [2.45, 2.75) is 57.7 Å². The van der Waals surface area contributed by atoms with Gasteiger partial charge in [-0.3, -0.25) is 4.79 Å². The van der Waals surface area contributed by atoms with Crippen LogP contribution in [0.15, 0.2) is 12.4 Å². The molecule has 3 heterocycles. The van der Waals surface area contributed by atoms with Crippen LogP contribution < -0.4 is 0 Å². The highest BCUT2D eigenvalue weighted by Crippen LogP contribution is 2.37. The molecule has 0 N–H and O–H groups in total. The minimum atomic E-state index is 0.260. The maximum Gasteiger partial charge on any atom is 0.143 e. The number of carbonyl (C=O) groups is 1. The zero-order valence-electron chi connectivity index (χ0n) is 11.9. The van der Waals surface area contributed by atoms with Crippen LogP contribution in [0.25, 0.3) is 0 Å². The zero-order chi connectivity index (χ0) is 13.4. The molecule has 19 heavy (non-hydrogen) atoms. The molecule has 1 aromatic heterocycles. The van der Waals surface area contributed by atoms with Crippen molar-refractivity contribution in [2.24, 2.45) is 5.92 Å². The number of aromatic nitrogens is 2. The Hall–Kier alpha value is -1.16. The lowest BCUT2D eigenvalue weighted by Crippen LogP contribution is -2.42. The Balaban J connectivity index is 1.65.